The Labute approximate surface area is 158 Å². The Morgan fingerprint density at radius 3 is 2.57 bits per heavy atom. The molecule has 0 spiro atoms. The van der Waals surface area contributed by atoms with Crippen LogP contribution in [0.5, 0.6) is 0 Å². The topological polar surface area (TPSA) is 84.2 Å². The van der Waals surface area contributed by atoms with Gasteiger partial charge in [0.15, 0.2) is 0 Å². The van der Waals surface area contributed by atoms with Crippen LogP contribution in [0.1, 0.15) is 40.3 Å². The first-order valence-corrected chi connectivity index (χ1v) is 8.75. The number of benzene rings is 1. The van der Waals surface area contributed by atoms with Gasteiger partial charge in [-0.3, -0.25) is 4.79 Å². The van der Waals surface area contributed by atoms with E-state index in [0.717, 1.165) is 22.9 Å². The van der Waals surface area contributed by atoms with Crippen LogP contribution in [0.15, 0.2) is 30.3 Å². The predicted octanol–water partition coefficient (Wildman–Crippen LogP) is 2.96. The minimum absolute atomic E-state index is 0.101. The van der Waals surface area contributed by atoms with Gasteiger partial charge in [0.05, 0.1) is 0 Å². The van der Waals surface area contributed by atoms with Crippen molar-refractivity contribution >= 4 is 17.5 Å². The van der Waals surface area contributed by atoms with Crippen LogP contribution in [0.4, 0.5) is 19.0 Å². The van der Waals surface area contributed by atoms with Crippen molar-refractivity contribution in [3.63, 3.8) is 0 Å². The largest absolute Gasteiger partial charge is 0.453 e. The summed E-state index contributed by atoms with van der Waals surface area (Å²) in [5.41, 5.74) is 1.95. The van der Waals surface area contributed by atoms with Crippen LogP contribution in [-0.2, 0) is 12.7 Å². The van der Waals surface area contributed by atoms with Gasteiger partial charge < -0.3 is 10.6 Å². The van der Waals surface area contributed by atoms with Crippen molar-refractivity contribution in [2.45, 2.75) is 38.5 Å². The summed E-state index contributed by atoms with van der Waals surface area (Å²) in [6.45, 7) is 2.00. The molecule has 1 saturated carbocycles. The van der Waals surface area contributed by atoms with Crippen LogP contribution in [-0.4, -0.2) is 31.5 Å². The van der Waals surface area contributed by atoms with E-state index in [1.54, 1.807) is 37.3 Å². The molecule has 0 atom stereocenters. The van der Waals surface area contributed by atoms with E-state index in [1.807, 2.05) is 0 Å². The second kappa shape index (κ2) is 6.77. The van der Waals surface area contributed by atoms with Gasteiger partial charge in [0.2, 0.25) is 0 Å². The maximum absolute atomic E-state index is 12.9. The minimum atomic E-state index is -4.64. The number of hydrogen-bond acceptors (Lipinski definition) is 5. The van der Waals surface area contributed by atoms with Crippen molar-refractivity contribution in [2.75, 3.05) is 5.32 Å². The van der Waals surface area contributed by atoms with Crippen molar-refractivity contribution < 1.29 is 18.0 Å². The summed E-state index contributed by atoms with van der Waals surface area (Å²) >= 11 is 0. The van der Waals surface area contributed by atoms with Crippen LogP contribution in [0.2, 0.25) is 0 Å². The molecule has 1 aliphatic rings. The number of anilines is 1. The van der Waals surface area contributed by atoms with E-state index in [-0.39, 0.29) is 17.7 Å². The summed E-state index contributed by atoms with van der Waals surface area (Å²) in [4.78, 5) is 19.5. The molecule has 0 saturated heterocycles. The van der Waals surface area contributed by atoms with Gasteiger partial charge in [-0.15, -0.1) is 5.10 Å². The van der Waals surface area contributed by atoms with E-state index in [4.69, 9.17) is 0 Å². The number of alkyl halides is 3. The molecule has 0 bridgehead atoms. The Morgan fingerprint density at radius 2 is 1.93 bits per heavy atom. The lowest BCUT2D eigenvalue weighted by Gasteiger charge is -2.09. The SMILES string of the molecule is Cc1cc(NCc2ccc(C(=O)NC3CC3)cc2)n2nc(C(F)(F)F)nc2n1. The first-order chi connectivity index (χ1) is 13.3. The standard InChI is InChI=1S/C18H17F3N6O/c1-10-8-14(27-17(23-10)25-16(26-27)18(19,20)21)22-9-11-2-4-12(5-3-11)15(28)24-13-6-7-13/h2-5,8,13,22H,6-7,9H2,1H3,(H,24,28). The molecular formula is C18H17F3N6O. The average molecular weight is 390 g/mol. The lowest BCUT2D eigenvalue weighted by Crippen LogP contribution is -2.25. The van der Waals surface area contributed by atoms with Crippen molar-refractivity contribution in [3.05, 3.63) is 53.0 Å². The monoisotopic (exact) mass is 390 g/mol. The van der Waals surface area contributed by atoms with Gasteiger partial charge in [-0.2, -0.15) is 22.7 Å². The van der Waals surface area contributed by atoms with Crippen molar-refractivity contribution in [2.24, 2.45) is 0 Å². The highest BCUT2D eigenvalue weighted by Gasteiger charge is 2.36. The molecule has 0 aliphatic heterocycles. The van der Waals surface area contributed by atoms with Gasteiger partial charge in [0.1, 0.15) is 5.82 Å². The normalized spacial score (nSPS) is 14.3. The third kappa shape index (κ3) is 3.90. The second-order valence-electron chi connectivity index (χ2n) is 6.73. The van der Waals surface area contributed by atoms with Crippen molar-refractivity contribution in [1.82, 2.24) is 24.9 Å². The molecule has 2 N–H and O–H groups in total. The van der Waals surface area contributed by atoms with Crippen molar-refractivity contribution in [3.8, 4) is 0 Å². The first-order valence-electron chi connectivity index (χ1n) is 8.75. The Kier molecular flexibility index (Phi) is 4.40. The molecule has 0 unspecified atom stereocenters. The molecule has 2 heterocycles. The van der Waals surface area contributed by atoms with E-state index in [2.05, 4.69) is 25.7 Å². The number of carbonyl (C=O) groups is 1. The summed E-state index contributed by atoms with van der Waals surface area (Å²) in [6, 6.07) is 8.92. The third-order valence-corrected chi connectivity index (χ3v) is 4.30. The number of rotatable bonds is 5. The lowest BCUT2D eigenvalue weighted by atomic mass is 10.1. The molecule has 0 radical (unpaired) electrons. The van der Waals surface area contributed by atoms with E-state index in [9.17, 15) is 18.0 Å². The third-order valence-electron chi connectivity index (χ3n) is 4.30. The zero-order valence-corrected chi connectivity index (χ0v) is 14.9. The summed E-state index contributed by atoms with van der Waals surface area (Å²) in [6.07, 6.45) is -2.60. The molecule has 1 amide bonds. The van der Waals surface area contributed by atoms with Crippen LogP contribution >= 0.6 is 0 Å². The van der Waals surface area contributed by atoms with E-state index in [0.29, 0.717) is 23.6 Å². The minimum Gasteiger partial charge on any atom is -0.366 e. The second-order valence-corrected chi connectivity index (χ2v) is 6.73. The molecule has 3 aromatic rings. The molecule has 1 aliphatic carbocycles. The van der Waals surface area contributed by atoms with E-state index < -0.39 is 12.0 Å². The van der Waals surface area contributed by atoms with Crippen LogP contribution < -0.4 is 10.6 Å². The number of aromatic nitrogens is 4. The Balaban J connectivity index is 1.50. The van der Waals surface area contributed by atoms with Gasteiger partial charge in [0, 0.05) is 29.9 Å². The maximum atomic E-state index is 12.9. The fraction of sp³-hybridized carbons (Fsp3) is 0.333. The van der Waals surface area contributed by atoms with Gasteiger partial charge in [-0.25, -0.2) is 4.98 Å². The maximum Gasteiger partial charge on any atom is 0.453 e. The fourth-order valence-corrected chi connectivity index (χ4v) is 2.70. The molecule has 146 valence electrons. The number of nitrogens with one attached hydrogen (secondary N) is 2. The molecule has 7 nitrogen and oxygen atoms in total. The summed E-state index contributed by atoms with van der Waals surface area (Å²) in [5.74, 6) is -1.11. The van der Waals surface area contributed by atoms with Crippen LogP contribution in [0.3, 0.4) is 0 Å². The molecular weight excluding hydrogens is 373 g/mol. The fourth-order valence-electron chi connectivity index (χ4n) is 2.70. The Hall–Kier alpha value is -3.17. The van der Waals surface area contributed by atoms with Gasteiger partial charge >= 0.3 is 6.18 Å². The summed E-state index contributed by atoms with van der Waals surface area (Å²) in [5, 5.41) is 9.48. The zero-order valence-electron chi connectivity index (χ0n) is 14.9. The Bertz CT molecular complexity index is 1020. The number of hydrogen-bond donors (Lipinski definition) is 2. The highest BCUT2D eigenvalue weighted by Crippen LogP contribution is 2.27. The summed E-state index contributed by atoms with van der Waals surface area (Å²) < 4.78 is 39.7. The summed E-state index contributed by atoms with van der Waals surface area (Å²) in [7, 11) is 0. The first kappa shape index (κ1) is 18.2. The number of fused-ring (bicyclic) bond motifs is 1. The van der Waals surface area contributed by atoms with Crippen LogP contribution in [0, 0.1) is 6.92 Å². The molecule has 1 aromatic carbocycles. The molecule has 28 heavy (non-hydrogen) atoms. The average Bonchev–Trinajstić information content (AvgIpc) is 3.34. The van der Waals surface area contributed by atoms with Gasteiger partial charge in [-0.1, -0.05) is 12.1 Å². The molecule has 10 heteroatoms. The van der Waals surface area contributed by atoms with E-state index in [1.165, 1.54) is 0 Å². The smallest absolute Gasteiger partial charge is 0.366 e. The van der Waals surface area contributed by atoms with Gasteiger partial charge in [-0.05, 0) is 37.5 Å². The van der Waals surface area contributed by atoms with Crippen LogP contribution in [0.25, 0.3) is 5.78 Å². The molecule has 2 aromatic heterocycles. The molecule has 1 fully saturated rings. The predicted molar refractivity (Wildman–Crippen MR) is 94.8 cm³/mol. The van der Waals surface area contributed by atoms with Crippen molar-refractivity contribution in [1.29, 1.82) is 0 Å². The number of amides is 1. The highest BCUT2D eigenvalue weighted by atomic mass is 19.4. The molecule has 4 rings (SSSR count). The number of nitrogens with zero attached hydrogens (tertiary/aromatic N) is 4. The van der Waals surface area contributed by atoms with E-state index >= 15 is 0 Å². The zero-order chi connectivity index (χ0) is 19.9. The Morgan fingerprint density at radius 1 is 1.21 bits per heavy atom. The highest BCUT2D eigenvalue weighted by molar-refractivity contribution is 5.94. The number of halogens is 3. The van der Waals surface area contributed by atoms with Gasteiger partial charge in [0.25, 0.3) is 17.5 Å². The number of aryl methyl sites for hydroxylation is 1. The number of carbonyl (C=O) groups excluding carboxylic acids is 1. The quantitative estimate of drug-likeness (QED) is 0.700. The lowest BCUT2D eigenvalue weighted by molar-refractivity contribution is -0.144.